The molecule has 0 unspecified atom stereocenters. The van der Waals surface area contributed by atoms with Crippen LogP contribution in [0.1, 0.15) is 69.8 Å². The molecule has 1 aromatic carbocycles. The van der Waals surface area contributed by atoms with Crippen LogP contribution in [0.2, 0.25) is 0 Å². The van der Waals surface area contributed by atoms with Crippen LogP contribution in [0.4, 0.5) is 4.39 Å². The first kappa shape index (κ1) is 24.1. The van der Waals surface area contributed by atoms with Gasteiger partial charge in [0.15, 0.2) is 0 Å². The number of ether oxygens (including phenoxy) is 1. The van der Waals surface area contributed by atoms with Crippen LogP contribution in [0.15, 0.2) is 24.3 Å². The van der Waals surface area contributed by atoms with Gasteiger partial charge in [-0.3, -0.25) is 4.79 Å². The van der Waals surface area contributed by atoms with E-state index in [0.29, 0.717) is 31.9 Å². The Labute approximate surface area is 185 Å². The molecule has 1 saturated carbocycles. The van der Waals surface area contributed by atoms with Gasteiger partial charge in [-0.25, -0.2) is 17.5 Å². The fraction of sp³-hybridized carbons (Fsp3) is 0.696. The highest BCUT2D eigenvalue weighted by molar-refractivity contribution is 7.88. The van der Waals surface area contributed by atoms with Crippen LogP contribution in [0.3, 0.4) is 0 Å². The van der Waals surface area contributed by atoms with Crippen molar-refractivity contribution in [2.24, 2.45) is 0 Å². The molecule has 0 spiro atoms. The van der Waals surface area contributed by atoms with Gasteiger partial charge in [0.25, 0.3) is 0 Å². The molecule has 1 aliphatic carbocycles. The minimum absolute atomic E-state index is 0.0610. The number of amides is 1. The molecule has 0 radical (unpaired) electrons. The number of halogens is 1. The van der Waals surface area contributed by atoms with Crippen molar-refractivity contribution in [3.8, 4) is 0 Å². The summed E-state index contributed by atoms with van der Waals surface area (Å²) in [5.41, 5.74) is 1.04. The summed E-state index contributed by atoms with van der Waals surface area (Å²) in [5.74, 6) is 0.202. The van der Waals surface area contributed by atoms with Crippen molar-refractivity contribution in [3.05, 3.63) is 35.6 Å². The van der Waals surface area contributed by atoms with Crippen LogP contribution in [0.5, 0.6) is 0 Å². The van der Waals surface area contributed by atoms with E-state index >= 15 is 0 Å². The summed E-state index contributed by atoms with van der Waals surface area (Å²) in [7, 11) is -3.38. The van der Waals surface area contributed by atoms with Crippen LogP contribution >= 0.6 is 0 Å². The third kappa shape index (κ3) is 6.99. The molecule has 1 N–H and O–H groups in total. The lowest BCUT2D eigenvalue weighted by Gasteiger charge is -2.42. The van der Waals surface area contributed by atoms with E-state index < -0.39 is 10.0 Å². The van der Waals surface area contributed by atoms with E-state index in [4.69, 9.17) is 4.74 Å². The highest BCUT2D eigenvalue weighted by atomic mass is 32.2. The molecule has 1 heterocycles. The topological polar surface area (TPSA) is 75.7 Å². The van der Waals surface area contributed by atoms with Gasteiger partial charge < -0.3 is 9.64 Å². The second-order valence-electron chi connectivity index (χ2n) is 8.91. The number of nitrogens with one attached hydrogen (secondary N) is 1. The predicted octanol–water partition coefficient (Wildman–Crippen LogP) is 3.58. The highest BCUT2D eigenvalue weighted by Crippen LogP contribution is 2.34. The zero-order valence-corrected chi connectivity index (χ0v) is 19.4. The third-order valence-corrected chi connectivity index (χ3v) is 7.16. The first-order valence-corrected chi connectivity index (χ1v) is 13.3. The fourth-order valence-electron chi connectivity index (χ4n) is 4.90. The normalized spacial score (nSPS) is 27.3. The largest absolute Gasteiger partial charge is 0.376 e. The van der Waals surface area contributed by atoms with Crippen molar-refractivity contribution in [1.29, 1.82) is 0 Å². The van der Waals surface area contributed by atoms with E-state index in [1.807, 2.05) is 17.9 Å². The van der Waals surface area contributed by atoms with Crippen LogP contribution < -0.4 is 4.72 Å². The monoisotopic (exact) mass is 454 g/mol. The SMILES string of the molecule is CCCC(=O)N1CCC[C@H](NS(C)(=O)=O)[C@@H]1COC1CCC(c2cccc(F)c2)CC1. The second-order valence-corrected chi connectivity index (χ2v) is 10.7. The van der Waals surface area contributed by atoms with Gasteiger partial charge >= 0.3 is 0 Å². The summed E-state index contributed by atoms with van der Waals surface area (Å²) in [5, 5.41) is 0. The number of hydrogen-bond acceptors (Lipinski definition) is 4. The average Bonchev–Trinajstić information content (AvgIpc) is 2.72. The van der Waals surface area contributed by atoms with Crippen LogP contribution in [-0.2, 0) is 19.6 Å². The van der Waals surface area contributed by atoms with Crippen LogP contribution in [0, 0.1) is 5.82 Å². The van der Waals surface area contributed by atoms with E-state index in [1.54, 1.807) is 12.1 Å². The van der Waals surface area contributed by atoms with E-state index in [9.17, 15) is 17.6 Å². The minimum Gasteiger partial charge on any atom is -0.376 e. The van der Waals surface area contributed by atoms with Gasteiger partial charge in [0.1, 0.15) is 5.82 Å². The lowest BCUT2D eigenvalue weighted by molar-refractivity contribution is -0.138. The molecule has 8 heteroatoms. The molecule has 174 valence electrons. The Morgan fingerprint density at radius 2 is 1.97 bits per heavy atom. The third-order valence-electron chi connectivity index (χ3n) is 6.43. The highest BCUT2D eigenvalue weighted by Gasteiger charge is 2.36. The minimum atomic E-state index is -3.38. The van der Waals surface area contributed by atoms with Crippen LogP contribution in [0.25, 0.3) is 0 Å². The molecule has 0 bridgehead atoms. The molecule has 2 atom stereocenters. The summed E-state index contributed by atoms with van der Waals surface area (Å²) in [6.45, 7) is 2.94. The van der Waals surface area contributed by atoms with E-state index in [0.717, 1.165) is 50.3 Å². The molecule has 1 saturated heterocycles. The summed E-state index contributed by atoms with van der Waals surface area (Å²) >= 11 is 0. The molecule has 3 rings (SSSR count). The van der Waals surface area contributed by atoms with Gasteiger partial charge in [-0.05, 0) is 68.6 Å². The van der Waals surface area contributed by atoms with Gasteiger partial charge in [-0.2, -0.15) is 0 Å². The maximum Gasteiger partial charge on any atom is 0.222 e. The Balaban J connectivity index is 1.60. The first-order chi connectivity index (χ1) is 14.8. The van der Waals surface area contributed by atoms with Gasteiger partial charge in [0, 0.05) is 19.0 Å². The molecule has 31 heavy (non-hydrogen) atoms. The number of carbonyl (C=O) groups excluding carboxylic acids is 1. The number of likely N-dealkylation sites (tertiary alicyclic amines) is 1. The quantitative estimate of drug-likeness (QED) is 0.652. The Morgan fingerprint density at radius 1 is 1.23 bits per heavy atom. The van der Waals surface area contributed by atoms with Gasteiger partial charge in [0.05, 0.1) is 25.0 Å². The molecular formula is C23H35FN2O4S. The number of hydrogen-bond donors (Lipinski definition) is 1. The number of rotatable bonds is 8. The molecule has 2 aliphatic rings. The average molecular weight is 455 g/mol. The number of piperidine rings is 1. The predicted molar refractivity (Wildman–Crippen MR) is 119 cm³/mol. The number of carbonyl (C=O) groups is 1. The van der Waals surface area contributed by atoms with E-state index in [2.05, 4.69) is 4.72 Å². The summed E-state index contributed by atoms with van der Waals surface area (Å²) in [6, 6.07) is 6.21. The molecule has 1 aromatic rings. The van der Waals surface area contributed by atoms with E-state index in [-0.39, 0.29) is 29.9 Å². The standard InChI is InChI=1S/C23H35FN2O4S/c1-3-6-23(27)26-14-5-9-21(25-31(2,28)29)22(26)16-30-20-12-10-17(11-13-20)18-7-4-8-19(24)15-18/h4,7-8,15,17,20-22,25H,3,5-6,9-14,16H2,1-2H3/t17?,20?,21-,22-/m0/s1. The zero-order valence-electron chi connectivity index (χ0n) is 18.6. The van der Waals surface area contributed by atoms with Crippen molar-refractivity contribution >= 4 is 15.9 Å². The number of nitrogens with zero attached hydrogens (tertiary/aromatic N) is 1. The molecule has 0 aromatic heterocycles. The van der Waals surface area contributed by atoms with Crippen LogP contribution in [-0.4, -0.2) is 56.8 Å². The lowest BCUT2D eigenvalue weighted by Crippen LogP contribution is -2.59. The number of sulfonamides is 1. The van der Waals surface area contributed by atoms with Gasteiger partial charge in [-0.1, -0.05) is 19.1 Å². The van der Waals surface area contributed by atoms with Crippen molar-refractivity contribution < 1.29 is 22.3 Å². The molecule has 6 nitrogen and oxygen atoms in total. The molecule has 1 aliphatic heterocycles. The van der Waals surface area contributed by atoms with Crippen molar-refractivity contribution in [1.82, 2.24) is 9.62 Å². The summed E-state index contributed by atoms with van der Waals surface area (Å²) < 4.78 is 46.2. The van der Waals surface area contributed by atoms with Crippen molar-refractivity contribution in [2.75, 3.05) is 19.4 Å². The molecule has 2 fully saturated rings. The summed E-state index contributed by atoms with van der Waals surface area (Å²) in [6.07, 6.45) is 7.55. The summed E-state index contributed by atoms with van der Waals surface area (Å²) in [4.78, 5) is 14.5. The smallest absolute Gasteiger partial charge is 0.222 e. The second kappa shape index (κ2) is 10.9. The van der Waals surface area contributed by atoms with E-state index in [1.165, 1.54) is 6.07 Å². The molecular weight excluding hydrogens is 419 g/mol. The Bertz CT molecular complexity index is 840. The maximum atomic E-state index is 13.5. The maximum absolute atomic E-state index is 13.5. The van der Waals surface area contributed by atoms with Crippen molar-refractivity contribution in [3.63, 3.8) is 0 Å². The van der Waals surface area contributed by atoms with Gasteiger partial charge in [-0.15, -0.1) is 0 Å². The van der Waals surface area contributed by atoms with Gasteiger partial charge in [0.2, 0.25) is 15.9 Å². The Hall–Kier alpha value is -1.51. The first-order valence-electron chi connectivity index (χ1n) is 11.4. The Kier molecular flexibility index (Phi) is 8.47. The molecule has 1 amide bonds. The van der Waals surface area contributed by atoms with Crippen molar-refractivity contribution in [2.45, 2.75) is 82.4 Å². The lowest BCUT2D eigenvalue weighted by atomic mass is 9.82. The Morgan fingerprint density at radius 3 is 2.61 bits per heavy atom. The fourth-order valence-corrected chi connectivity index (χ4v) is 5.73. The number of benzene rings is 1. The zero-order chi connectivity index (χ0) is 22.4.